The van der Waals surface area contributed by atoms with Gasteiger partial charge in [0.1, 0.15) is 10.7 Å². The molecule has 0 bridgehead atoms. The Hall–Kier alpha value is -1.23. The van der Waals surface area contributed by atoms with Gasteiger partial charge in [0.15, 0.2) is 0 Å². The van der Waals surface area contributed by atoms with E-state index in [-0.39, 0.29) is 10.0 Å². The smallest absolute Gasteiger partial charge is 0.282 e. The molecule has 0 amide bonds. The summed E-state index contributed by atoms with van der Waals surface area (Å²) >= 11 is 11.5. The zero-order chi connectivity index (χ0) is 17.6. The van der Waals surface area contributed by atoms with Crippen molar-refractivity contribution in [2.45, 2.75) is 9.79 Å². The molecule has 6 nitrogen and oxygen atoms in total. The van der Waals surface area contributed by atoms with Gasteiger partial charge >= 0.3 is 0 Å². The maximum Gasteiger partial charge on any atom is 0.295 e. The van der Waals surface area contributed by atoms with Gasteiger partial charge in [-0.1, -0.05) is 29.3 Å². The van der Waals surface area contributed by atoms with Crippen molar-refractivity contribution in [2.75, 3.05) is 0 Å². The summed E-state index contributed by atoms with van der Waals surface area (Å²) in [5.41, 5.74) is -1.23. The van der Waals surface area contributed by atoms with Crippen molar-refractivity contribution >= 4 is 43.3 Å². The summed E-state index contributed by atoms with van der Waals surface area (Å²) < 4.78 is 70.0. The highest BCUT2D eigenvalue weighted by molar-refractivity contribution is 7.89. The molecule has 11 heteroatoms. The normalized spacial score (nSPS) is 12.4. The molecule has 0 aliphatic rings. The van der Waals surface area contributed by atoms with Crippen LogP contribution >= 0.6 is 23.2 Å². The van der Waals surface area contributed by atoms with Gasteiger partial charge < -0.3 is 0 Å². The van der Waals surface area contributed by atoms with E-state index in [4.69, 9.17) is 28.3 Å². The van der Waals surface area contributed by atoms with Crippen LogP contribution in [0.2, 0.25) is 10.0 Å². The largest absolute Gasteiger partial charge is 0.295 e. The van der Waals surface area contributed by atoms with Gasteiger partial charge in [0, 0.05) is 16.1 Å². The second-order valence-corrected chi connectivity index (χ2v) is 8.16. The summed E-state index contributed by atoms with van der Waals surface area (Å²) in [6, 6.07) is 4.80. The summed E-state index contributed by atoms with van der Waals surface area (Å²) in [5.74, 6) is -1.08. The first-order valence-electron chi connectivity index (χ1n) is 5.71. The van der Waals surface area contributed by atoms with Crippen molar-refractivity contribution in [2.24, 2.45) is 5.14 Å². The lowest BCUT2D eigenvalue weighted by atomic mass is 10.0. The molecule has 0 atom stereocenters. The van der Waals surface area contributed by atoms with E-state index in [0.717, 1.165) is 30.3 Å². The van der Waals surface area contributed by atoms with Crippen LogP contribution in [0, 0.1) is 5.82 Å². The van der Waals surface area contributed by atoms with Crippen LogP contribution in [0.4, 0.5) is 4.39 Å². The average Bonchev–Trinajstić information content (AvgIpc) is 2.35. The lowest BCUT2D eigenvalue weighted by molar-refractivity contribution is 0.483. The summed E-state index contributed by atoms with van der Waals surface area (Å²) in [7, 11) is -9.33. The molecule has 3 N–H and O–H groups in total. The molecule has 0 aliphatic heterocycles. The number of hydrogen-bond acceptors (Lipinski definition) is 4. The van der Waals surface area contributed by atoms with E-state index in [9.17, 15) is 25.8 Å². The van der Waals surface area contributed by atoms with Gasteiger partial charge in [0.25, 0.3) is 10.1 Å². The van der Waals surface area contributed by atoms with Crippen LogP contribution in [0.25, 0.3) is 11.1 Å². The van der Waals surface area contributed by atoms with Crippen LogP contribution < -0.4 is 5.14 Å². The molecule has 0 heterocycles. The molecule has 0 aromatic heterocycles. The van der Waals surface area contributed by atoms with E-state index in [1.807, 2.05) is 0 Å². The average molecular weight is 400 g/mol. The fraction of sp³-hybridized carbons (Fsp3) is 0. The van der Waals surface area contributed by atoms with E-state index in [1.54, 1.807) is 0 Å². The first-order valence-corrected chi connectivity index (χ1v) is 9.45. The number of sulfonamides is 1. The Labute approximate surface area is 141 Å². The van der Waals surface area contributed by atoms with Gasteiger partial charge in [-0.05, 0) is 24.3 Å². The summed E-state index contributed by atoms with van der Waals surface area (Å²) in [4.78, 5) is -1.57. The maximum atomic E-state index is 14.3. The number of halogens is 3. The molecule has 124 valence electrons. The highest BCUT2D eigenvalue weighted by atomic mass is 35.5. The quantitative estimate of drug-likeness (QED) is 0.769. The van der Waals surface area contributed by atoms with Crippen molar-refractivity contribution < 1.29 is 25.8 Å². The highest BCUT2D eigenvalue weighted by Gasteiger charge is 2.28. The Morgan fingerprint density at radius 2 is 1.57 bits per heavy atom. The van der Waals surface area contributed by atoms with Crippen LogP contribution in [0.1, 0.15) is 0 Å². The lowest BCUT2D eigenvalue weighted by Crippen LogP contribution is -2.15. The van der Waals surface area contributed by atoms with Gasteiger partial charge in [-0.15, -0.1) is 0 Å². The molecule has 0 saturated carbocycles. The molecular formula is C12H8Cl2FNO5S2. The fourth-order valence-corrected chi connectivity index (χ4v) is 4.10. The Balaban J connectivity index is 3.08. The summed E-state index contributed by atoms with van der Waals surface area (Å²) in [5, 5.41) is 4.60. The van der Waals surface area contributed by atoms with Gasteiger partial charge in [-0.25, -0.2) is 17.9 Å². The Morgan fingerprint density at radius 1 is 1.00 bits per heavy atom. The Bertz CT molecular complexity index is 933. The minimum atomic E-state index is -4.89. The number of benzene rings is 2. The van der Waals surface area contributed by atoms with Crippen LogP contribution in [-0.4, -0.2) is 21.4 Å². The molecule has 2 rings (SSSR count). The molecule has 0 aliphatic carbocycles. The molecule has 0 spiro atoms. The standard InChI is InChI=1S/C12H8Cl2FNO5S2/c13-6-4-7(14)11(8(15)5-6)12-9(22(16,17)18)2-1-3-10(12)23(19,20)21/h1-5H,(H2,16,17,18)(H,19,20,21). The Kier molecular flexibility index (Phi) is 4.73. The topological polar surface area (TPSA) is 115 Å². The predicted molar refractivity (Wildman–Crippen MR) is 83.0 cm³/mol. The summed E-state index contributed by atoms with van der Waals surface area (Å²) in [6.45, 7) is 0. The molecule has 2 aromatic carbocycles. The first kappa shape index (κ1) is 18.1. The zero-order valence-corrected chi connectivity index (χ0v) is 14.1. The van der Waals surface area contributed by atoms with Crippen molar-refractivity contribution in [3.05, 3.63) is 46.2 Å². The minimum absolute atomic E-state index is 0.0854. The minimum Gasteiger partial charge on any atom is -0.282 e. The highest BCUT2D eigenvalue weighted by Crippen LogP contribution is 2.40. The maximum absolute atomic E-state index is 14.3. The van der Waals surface area contributed by atoms with Crippen molar-refractivity contribution in [1.29, 1.82) is 0 Å². The third-order valence-corrected chi connectivity index (χ3v) is 5.19. The number of nitrogens with two attached hydrogens (primary N) is 1. The molecule has 0 saturated heterocycles. The van der Waals surface area contributed by atoms with Gasteiger partial charge in [0.05, 0.1) is 9.92 Å². The molecule has 0 radical (unpaired) electrons. The van der Waals surface area contributed by atoms with Gasteiger partial charge in [-0.3, -0.25) is 4.55 Å². The van der Waals surface area contributed by atoms with E-state index in [0.29, 0.717) is 0 Å². The van der Waals surface area contributed by atoms with Crippen molar-refractivity contribution in [1.82, 2.24) is 0 Å². The van der Waals surface area contributed by atoms with E-state index in [1.165, 1.54) is 0 Å². The van der Waals surface area contributed by atoms with Crippen molar-refractivity contribution in [3.63, 3.8) is 0 Å². The predicted octanol–water partition coefficient (Wildman–Crippen LogP) is 2.69. The molecule has 2 aromatic rings. The second-order valence-electron chi connectivity index (χ2n) is 4.39. The fourth-order valence-electron chi connectivity index (χ4n) is 1.99. The molecular weight excluding hydrogens is 392 g/mol. The number of primary sulfonamides is 1. The number of hydrogen-bond donors (Lipinski definition) is 2. The summed E-state index contributed by atoms with van der Waals surface area (Å²) in [6.07, 6.45) is 0. The second kappa shape index (κ2) is 6.00. The monoisotopic (exact) mass is 399 g/mol. The van der Waals surface area contributed by atoms with Crippen LogP contribution in [0.15, 0.2) is 40.1 Å². The lowest BCUT2D eigenvalue weighted by Gasteiger charge is -2.14. The molecule has 23 heavy (non-hydrogen) atoms. The number of rotatable bonds is 3. The third-order valence-electron chi connectivity index (χ3n) is 2.83. The van der Waals surface area contributed by atoms with Gasteiger partial charge in [0.2, 0.25) is 10.0 Å². The molecule has 0 unspecified atom stereocenters. The zero-order valence-electron chi connectivity index (χ0n) is 11.0. The van der Waals surface area contributed by atoms with Crippen LogP contribution in [-0.2, 0) is 20.1 Å². The van der Waals surface area contributed by atoms with E-state index in [2.05, 4.69) is 0 Å². The molecule has 0 fully saturated rings. The Morgan fingerprint density at radius 3 is 2.04 bits per heavy atom. The van der Waals surface area contributed by atoms with Crippen LogP contribution in [0.3, 0.4) is 0 Å². The SMILES string of the molecule is NS(=O)(=O)c1cccc(S(=O)(=O)O)c1-c1c(F)cc(Cl)cc1Cl. The van der Waals surface area contributed by atoms with Crippen LogP contribution in [0.5, 0.6) is 0 Å². The van der Waals surface area contributed by atoms with Gasteiger partial charge in [-0.2, -0.15) is 8.42 Å². The third kappa shape index (κ3) is 3.65. The van der Waals surface area contributed by atoms with Crippen molar-refractivity contribution in [3.8, 4) is 11.1 Å². The van der Waals surface area contributed by atoms with E-state index >= 15 is 0 Å². The van der Waals surface area contributed by atoms with E-state index < -0.39 is 46.9 Å². The first-order chi connectivity index (χ1) is 10.4.